The zero-order valence-corrected chi connectivity index (χ0v) is 9.67. The van der Waals surface area contributed by atoms with Crippen LogP contribution in [0.3, 0.4) is 0 Å². The Kier molecular flexibility index (Phi) is 3.89. The van der Waals surface area contributed by atoms with Crippen molar-refractivity contribution in [1.29, 1.82) is 0 Å². The SMILES string of the molecule is CCOC(=O)c1occc1OS(=O)(=O)C(F)(F)F. The molecule has 0 unspecified atom stereocenters. The van der Waals surface area contributed by atoms with Crippen LogP contribution in [-0.4, -0.2) is 26.5 Å². The van der Waals surface area contributed by atoms with E-state index < -0.39 is 33.1 Å². The summed E-state index contributed by atoms with van der Waals surface area (Å²) in [5.74, 6) is -2.77. The van der Waals surface area contributed by atoms with E-state index in [0.717, 1.165) is 12.3 Å². The number of alkyl halides is 3. The van der Waals surface area contributed by atoms with E-state index in [1.807, 2.05) is 0 Å². The Hall–Kier alpha value is -1.71. The van der Waals surface area contributed by atoms with Crippen molar-refractivity contribution < 1.29 is 39.7 Å². The number of hydrogen-bond acceptors (Lipinski definition) is 6. The smallest absolute Gasteiger partial charge is 0.460 e. The molecular formula is C8H7F3O6S. The third-order valence-corrected chi connectivity index (χ3v) is 2.54. The first-order valence-corrected chi connectivity index (χ1v) is 5.85. The molecule has 0 aliphatic carbocycles. The number of ether oxygens (including phenoxy) is 1. The lowest BCUT2D eigenvalue weighted by atomic mass is 10.4. The van der Waals surface area contributed by atoms with Gasteiger partial charge in [-0.1, -0.05) is 0 Å². The summed E-state index contributed by atoms with van der Waals surface area (Å²) < 4.78 is 70.3. The lowest BCUT2D eigenvalue weighted by molar-refractivity contribution is -0.0500. The van der Waals surface area contributed by atoms with E-state index in [9.17, 15) is 26.4 Å². The molecule has 0 bridgehead atoms. The third-order valence-electron chi connectivity index (χ3n) is 1.57. The zero-order valence-electron chi connectivity index (χ0n) is 8.85. The van der Waals surface area contributed by atoms with Crippen molar-refractivity contribution in [2.75, 3.05) is 6.61 Å². The summed E-state index contributed by atoms with van der Waals surface area (Å²) >= 11 is 0. The van der Waals surface area contributed by atoms with Crippen LogP contribution in [0.2, 0.25) is 0 Å². The quantitative estimate of drug-likeness (QED) is 0.476. The molecular weight excluding hydrogens is 281 g/mol. The number of halogens is 3. The Morgan fingerprint density at radius 1 is 1.44 bits per heavy atom. The predicted octanol–water partition coefficient (Wildman–Crippen LogP) is 1.68. The van der Waals surface area contributed by atoms with E-state index in [2.05, 4.69) is 13.3 Å². The second kappa shape index (κ2) is 4.88. The number of rotatable bonds is 4. The molecule has 0 saturated heterocycles. The maximum atomic E-state index is 12.0. The molecule has 1 aromatic rings. The molecule has 0 aliphatic heterocycles. The highest BCUT2D eigenvalue weighted by Gasteiger charge is 2.49. The molecule has 1 rings (SSSR count). The Bertz CT molecular complexity index is 529. The lowest BCUT2D eigenvalue weighted by Crippen LogP contribution is -2.28. The summed E-state index contributed by atoms with van der Waals surface area (Å²) in [7, 11) is -5.86. The number of hydrogen-bond donors (Lipinski definition) is 0. The molecule has 10 heteroatoms. The number of esters is 1. The van der Waals surface area contributed by atoms with Crippen LogP contribution in [0.5, 0.6) is 5.75 Å². The largest absolute Gasteiger partial charge is 0.534 e. The van der Waals surface area contributed by atoms with Gasteiger partial charge in [0.15, 0.2) is 5.75 Å². The van der Waals surface area contributed by atoms with E-state index in [1.165, 1.54) is 6.92 Å². The molecule has 18 heavy (non-hydrogen) atoms. The Morgan fingerprint density at radius 2 is 2.06 bits per heavy atom. The summed E-state index contributed by atoms with van der Waals surface area (Å²) in [6.45, 7) is 1.39. The van der Waals surface area contributed by atoms with Gasteiger partial charge in [0.1, 0.15) is 0 Å². The fourth-order valence-corrected chi connectivity index (χ4v) is 1.34. The molecule has 0 aromatic carbocycles. The molecule has 0 N–H and O–H groups in total. The van der Waals surface area contributed by atoms with Crippen molar-refractivity contribution in [3.8, 4) is 5.75 Å². The second-order valence-corrected chi connectivity index (χ2v) is 4.36. The molecule has 0 aliphatic rings. The van der Waals surface area contributed by atoms with Crippen molar-refractivity contribution in [1.82, 2.24) is 0 Å². The normalized spacial score (nSPS) is 12.2. The fourth-order valence-electron chi connectivity index (χ4n) is 0.874. The van der Waals surface area contributed by atoms with Crippen LogP contribution in [-0.2, 0) is 14.9 Å². The molecule has 0 amide bonds. The van der Waals surface area contributed by atoms with Gasteiger partial charge in [0.25, 0.3) is 5.76 Å². The average Bonchev–Trinajstić information content (AvgIpc) is 2.63. The van der Waals surface area contributed by atoms with Gasteiger partial charge in [-0.3, -0.25) is 0 Å². The monoisotopic (exact) mass is 288 g/mol. The molecule has 1 heterocycles. The van der Waals surface area contributed by atoms with E-state index in [0.29, 0.717) is 0 Å². The van der Waals surface area contributed by atoms with Crippen LogP contribution >= 0.6 is 0 Å². The summed E-state index contributed by atoms with van der Waals surface area (Å²) in [4.78, 5) is 11.2. The second-order valence-electron chi connectivity index (χ2n) is 2.82. The van der Waals surface area contributed by atoms with Gasteiger partial charge in [0, 0.05) is 6.07 Å². The summed E-state index contributed by atoms with van der Waals surface area (Å²) in [6.07, 6.45) is 0.799. The van der Waals surface area contributed by atoms with E-state index in [-0.39, 0.29) is 6.61 Å². The van der Waals surface area contributed by atoms with Crippen molar-refractivity contribution >= 4 is 16.1 Å². The van der Waals surface area contributed by atoms with Crippen LogP contribution in [0.4, 0.5) is 13.2 Å². The van der Waals surface area contributed by atoms with Crippen molar-refractivity contribution in [2.45, 2.75) is 12.4 Å². The Morgan fingerprint density at radius 3 is 2.56 bits per heavy atom. The van der Waals surface area contributed by atoms with Gasteiger partial charge >= 0.3 is 21.6 Å². The van der Waals surface area contributed by atoms with Crippen LogP contribution in [0.15, 0.2) is 16.7 Å². The molecule has 6 nitrogen and oxygen atoms in total. The van der Waals surface area contributed by atoms with Crippen LogP contribution in [0.25, 0.3) is 0 Å². The number of carbonyl (C=O) groups is 1. The average molecular weight is 288 g/mol. The summed E-state index contributed by atoms with van der Waals surface area (Å²) in [6, 6.07) is 0.759. The minimum Gasteiger partial charge on any atom is -0.460 e. The molecule has 0 fully saturated rings. The van der Waals surface area contributed by atoms with E-state index in [1.54, 1.807) is 0 Å². The number of furan rings is 1. The summed E-state index contributed by atoms with van der Waals surface area (Å²) in [5, 5.41) is 0. The molecule has 0 saturated carbocycles. The van der Waals surface area contributed by atoms with Crippen LogP contribution in [0, 0.1) is 0 Å². The minimum absolute atomic E-state index is 0.0645. The van der Waals surface area contributed by atoms with Crippen molar-refractivity contribution in [2.24, 2.45) is 0 Å². The predicted molar refractivity (Wildman–Crippen MR) is 50.3 cm³/mol. The summed E-state index contributed by atoms with van der Waals surface area (Å²) in [5.41, 5.74) is -5.60. The molecule has 0 radical (unpaired) electrons. The van der Waals surface area contributed by atoms with E-state index >= 15 is 0 Å². The van der Waals surface area contributed by atoms with Gasteiger partial charge in [-0.15, -0.1) is 0 Å². The first-order chi connectivity index (χ1) is 8.19. The maximum absolute atomic E-state index is 12.0. The highest BCUT2D eigenvalue weighted by molar-refractivity contribution is 7.88. The van der Waals surface area contributed by atoms with E-state index in [4.69, 9.17) is 0 Å². The first-order valence-electron chi connectivity index (χ1n) is 4.44. The van der Waals surface area contributed by atoms with Crippen LogP contribution < -0.4 is 4.18 Å². The van der Waals surface area contributed by atoms with Gasteiger partial charge in [-0.2, -0.15) is 21.6 Å². The molecule has 0 atom stereocenters. The van der Waals surface area contributed by atoms with Crippen molar-refractivity contribution in [3.63, 3.8) is 0 Å². The third kappa shape index (κ3) is 2.94. The highest BCUT2D eigenvalue weighted by atomic mass is 32.2. The Labute approximate surface area is 99.4 Å². The van der Waals surface area contributed by atoms with Crippen LogP contribution in [0.1, 0.15) is 17.5 Å². The Balaban J connectivity index is 3.01. The van der Waals surface area contributed by atoms with Gasteiger partial charge in [-0.25, -0.2) is 4.79 Å². The molecule has 102 valence electrons. The minimum atomic E-state index is -5.86. The van der Waals surface area contributed by atoms with Gasteiger partial charge < -0.3 is 13.3 Å². The topological polar surface area (TPSA) is 82.8 Å². The standard InChI is InChI=1S/C8H7F3O6S/c1-2-15-7(12)6-5(3-4-16-6)17-18(13,14)8(9,10)11/h3-4H,2H2,1H3. The lowest BCUT2D eigenvalue weighted by Gasteiger charge is -2.08. The zero-order chi connectivity index (χ0) is 14.0. The number of carbonyl (C=O) groups excluding carboxylic acids is 1. The first kappa shape index (κ1) is 14.4. The molecule has 1 aromatic heterocycles. The fraction of sp³-hybridized carbons (Fsp3) is 0.375. The van der Waals surface area contributed by atoms with Gasteiger partial charge in [0.2, 0.25) is 0 Å². The maximum Gasteiger partial charge on any atom is 0.534 e. The van der Waals surface area contributed by atoms with Crippen molar-refractivity contribution in [3.05, 3.63) is 18.1 Å². The highest BCUT2D eigenvalue weighted by Crippen LogP contribution is 2.29. The van der Waals surface area contributed by atoms with Gasteiger partial charge in [0.05, 0.1) is 12.9 Å². The molecule has 0 spiro atoms. The van der Waals surface area contributed by atoms with Gasteiger partial charge in [-0.05, 0) is 6.92 Å².